The molecular weight excluding hydrogens is 318 g/mol. The van der Waals surface area contributed by atoms with Gasteiger partial charge in [0, 0.05) is 11.0 Å². The molecule has 0 aliphatic heterocycles. The summed E-state index contributed by atoms with van der Waals surface area (Å²) in [6.45, 7) is 3.93. The molecule has 1 saturated carbocycles. The van der Waals surface area contributed by atoms with E-state index in [0.29, 0.717) is 23.7 Å². The highest BCUT2D eigenvalue weighted by molar-refractivity contribution is 9.10. The molecule has 1 N–H and O–H groups in total. The maximum atomic E-state index is 5.70. The fourth-order valence-corrected chi connectivity index (χ4v) is 2.79. The van der Waals surface area contributed by atoms with Crippen LogP contribution >= 0.6 is 15.9 Å². The van der Waals surface area contributed by atoms with Gasteiger partial charge >= 0.3 is 0 Å². The third kappa shape index (κ3) is 2.94. The van der Waals surface area contributed by atoms with E-state index in [-0.39, 0.29) is 0 Å². The van der Waals surface area contributed by atoms with Crippen molar-refractivity contribution in [3.05, 3.63) is 34.6 Å². The van der Waals surface area contributed by atoms with Gasteiger partial charge in [0.15, 0.2) is 0 Å². The van der Waals surface area contributed by atoms with E-state index >= 15 is 0 Å². The van der Waals surface area contributed by atoms with Gasteiger partial charge in [0.05, 0.1) is 12.1 Å². The molecular formula is C15H18BrN3O. The fourth-order valence-electron chi connectivity index (χ4n) is 2.34. The Morgan fingerprint density at radius 2 is 2.10 bits per heavy atom. The monoisotopic (exact) mass is 335 g/mol. The van der Waals surface area contributed by atoms with Gasteiger partial charge in [-0.25, -0.2) is 0 Å². The number of aromatic nitrogens is 2. The van der Waals surface area contributed by atoms with Gasteiger partial charge < -0.3 is 9.73 Å². The first kappa shape index (κ1) is 13.8. The fraction of sp³-hybridized carbons (Fsp3) is 0.467. The normalized spacial score (nSPS) is 16.3. The number of nitrogens with zero attached hydrogens (tertiary/aromatic N) is 2. The highest BCUT2D eigenvalue weighted by Crippen LogP contribution is 2.47. The molecule has 0 amide bonds. The predicted octanol–water partition coefficient (Wildman–Crippen LogP) is 3.78. The molecule has 1 aliphatic carbocycles. The van der Waals surface area contributed by atoms with Crippen molar-refractivity contribution in [3.8, 4) is 11.5 Å². The van der Waals surface area contributed by atoms with Gasteiger partial charge in [0.2, 0.25) is 11.8 Å². The molecule has 1 aromatic carbocycles. The molecule has 0 unspecified atom stereocenters. The summed E-state index contributed by atoms with van der Waals surface area (Å²) in [6.07, 6.45) is 3.91. The summed E-state index contributed by atoms with van der Waals surface area (Å²) < 4.78 is 6.67. The second-order valence-electron chi connectivity index (χ2n) is 5.44. The van der Waals surface area contributed by atoms with E-state index in [1.165, 1.54) is 19.3 Å². The molecule has 0 bridgehead atoms. The van der Waals surface area contributed by atoms with Crippen LogP contribution in [0.5, 0.6) is 0 Å². The topological polar surface area (TPSA) is 51.0 Å². The van der Waals surface area contributed by atoms with Gasteiger partial charge in [-0.15, -0.1) is 10.2 Å². The number of hydrogen-bond donors (Lipinski definition) is 1. The van der Waals surface area contributed by atoms with Crippen LogP contribution in [-0.4, -0.2) is 16.7 Å². The Morgan fingerprint density at radius 3 is 2.80 bits per heavy atom. The van der Waals surface area contributed by atoms with E-state index in [1.54, 1.807) is 0 Å². The molecule has 4 nitrogen and oxygen atoms in total. The van der Waals surface area contributed by atoms with Crippen LogP contribution in [0.1, 0.15) is 32.1 Å². The summed E-state index contributed by atoms with van der Waals surface area (Å²) >= 11 is 3.50. The van der Waals surface area contributed by atoms with Crippen LogP contribution in [-0.2, 0) is 6.54 Å². The number of halogens is 1. The zero-order valence-corrected chi connectivity index (χ0v) is 13.1. The van der Waals surface area contributed by atoms with Gasteiger partial charge in [0.1, 0.15) is 0 Å². The van der Waals surface area contributed by atoms with Crippen LogP contribution in [0.2, 0.25) is 0 Å². The molecule has 1 aliphatic rings. The Morgan fingerprint density at radius 1 is 1.30 bits per heavy atom. The molecule has 106 valence electrons. The first-order valence-corrected chi connectivity index (χ1v) is 7.80. The van der Waals surface area contributed by atoms with Gasteiger partial charge in [-0.3, -0.25) is 0 Å². The highest BCUT2D eigenvalue weighted by Gasteiger charge is 2.39. The SMILES string of the molecule is CCC1(CNCc2nnc(-c3ccccc3Br)o2)CC1. The van der Waals surface area contributed by atoms with E-state index in [4.69, 9.17) is 4.42 Å². The average molecular weight is 336 g/mol. The summed E-state index contributed by atoms with van der Waals surface area (Å²) in [5.41, 5.74) is 1.46. The Kier molecular flexibility index (Phi) is 3.89. The maximum Gasteiger partial charge on any atom is 0.248 e. The van der Waals surface area contributed by atoms with Gasteiger partial charge in [-0.05, 0) is 52.7 Å². The molecule has 3 rings (SSSR count). The van der Waals surface area contributed by atoms with Gasteiger partial charge in [-0.2, -0.15) is 0 Å². The van der Waals surface area contributed by atoms with E-state index in [1.807, 2.05) is 24.3 Å². The van der Waals surface area contributed by atoms with Crippen molar-refractivity contribution >= 4 is 15.9 Å². The molecule has 1 aromatic heterocycles. The van der Waals surface area contributed by atoms with E-state index < -0.39 is 0 Å². The molecule has 0 saturated heterocycles. The van der Waals surface area contributed by atoms with Crippen LogP contribution in [0.25, 0.3) is 11.5 Å². The summed E-state index contributed by atoms with van der Waals surface area (Å²) in [7, 11) is 0. The molecule has 2 aromatic rings. The lowest BCUT2D eigenvalue weighted by Crippen LogP contribution is -2.23. The summed E-state index contributed by atoms with van der Waals surface area (Å²) in [5.74, 6) is 1.20. The number of rotatable bonds is 6. The van der Waals surface area contributed by atoms with Gasteiger partial charge in [-0.1, -0.05) is 19.1 Å². The Bertz CT molecular complexity index is 592. The van der Waals surface area contributed by atoms with Crippen LogP contribution in [0.15, 0.2) is 33.2 Å². The second kappa shape index (κ2) is 5.66. The van der Waals surface area contributed by atoms with Crippen LogP contribution in [0.4, 0.5) is 0 Å². The standard InChI is InChI=1S/C15H18BrN3O/c1-2-15(7-8-15)10-17-9-13-18-19-14(20-13)11-5-3-4-6-12(11)16/h3-6,17H,2,7-10H2,1H3. The van der Waals surface area contributed by atoms with Crippen molar-refractivity contribution < 1.29 is 4.42 Å². The van der Waals surface area contributed by atoms with Crippen LogP contribution in [0.3, 0.4) is 0 Å². The zero-order valence-electron chi connectivity index (χ0n) is 11.5. The molecule has 1 fully saturated rings. The average Bonchev–Trinajstić information content (AvgIpc) is 3.09. The summed E-state index contributed by atoms with van der Waals surface area (Å²) in [5, 5.41) is 11.6. The smallest absolute Gasteiger partial charge is 0.248 e. The lowest BCUT2D eigenvalue weighted by molar-refractivity contribution is 0.413. The minimum atomic E-state index is 0.533. The molecule has 1 heterocycles. The maximum absolute atomic E-state index is 5.70. The Labute approximate surface area is 127 Å². The third-order valence-electron chi connectivity index (χ3n) is 4.05. The lowest BCUT2D eigenvalue weighted by Gasteiger charge is -2.11. The first-order chi connectivity index (χ1) is 9.72. The molecule has 0 spiro atoms. The van der Waals surface area contributed by atoms with E-state index in [2.05, 4.69) is 38.4 Å². The van der Waals surface area contributed by atoms with E-state index in [0.717, 1.165) is 16.6 Å². The van der Waals surface area contributed by atoms with Crippen LogP contribution < -0.4 is 5.32 Å². The number of nitrogens with one attached hydrogen (secondary N) is 1. The minimum absolute atomic E-state index is 0.533. The number of hydrogen-bond acceptors (Lipinski definition) is 4. The van der Waals surface area contributed by atoms with Crippen molar-refractivity contribution in [2.75, 3.05) is 6.54 Å². The lowest BCUT2D eigenvalue weighted by atomic mass is 10.0. The minimum Gasteiger partial charge on any atom is -0.419 e. The predicted molar refractivity (Wildman–Crippen MR) is 81.1 cm³/mol. The quantitative estimate of drug-likeness (QED) is 0.872. The molecule has 0 radical (unpaired) electrons. The largest absolute Gasteiger partial charge is 0.419 e. The summed E-state index contributed by atoms with van der Waals surface area (Å²) in [4.78, 5) is 0. The van der Waals surface area contributed by atoms with Crippen molar-refractivity contribution in [1.29, 1.82) is 0 Å². The van der Waals surface area contributed by atoms with Crippen molar-refractivity contribution in [2.24, 2.45) is 5.41 Å². The summed E-state index contributed by atoms with van der Waals surface area (Å²) in [6, 6.07) is 7.85. The zero-order chi connectivity index (χ0) is 14.0. The van der Waals surface area contributed by atoms with E-state index in [9.17, 15) is 0 Å². The highest BCUT2D eigenvalue weighted by atomic mass is 79.9. The number of benzene rings is 1. The second-order valence-corrected chi connectivity index (χ2v) is 6.29. The Hall–Kier alpha value is -1.20. The van der Waals surface area contributed by atoms with Gasteiger partial charge in [0.25, 0.3) is 0 Å². The molecule has 20 heavy (non-hydrogen) atoms. The first-order valence-electron chi connectivity index (χ1n) is 7.00. The van der Waals surface area contributed by atoms with Crippen molar-refractivity contribution in [3.63, 3.8) is 0 Å². The van der Waals surface area contributed by atoms with Crippen LogP contribution in [0, 0.1) is 5.41 Å². The Balaban J connectivity index is 1.61. The van der Waals surface area contributed by atoms with Crippen molar-refractivity contribution in [1.82, 2.24) is 15.5 Å². The molecule has 0 atom stereocenters. The van der Waals surface area contributed by atoms with Crippen molar-refractivity contribution in [2.45, 2.75) is 32.7 Å². The molecule has 5 heteroatoms. The third-order valence-corrected chi connectivity index (χ3v) is 4.75.